The van der Waals surface area contributed by atoms with Crippen molar-refractivity contribution in [2.24, 2.45) is 5.92 Å². The first-order chi connectivity index (χ1) is 15.8. The summed E-state index contributed by atoms with van der Waals surface area (Å²) >= 11 is 0. The van der Waals surface area contributed by atoms with Crippen LogP contribution in [0.1, 0.15) is 66.8 Å². The van der Waals surface area contributed by atoms with E-state index in [0.29, 0.717) is 38.2 Å². The summed E-state index contributed by atoms with van der Waals surface area (Å²) in [6.07, 6.45) is 3.81. The molecule has 0 aliphatic carbocycles. The molecule has 2 aliphatic rings. The second-order valence-corrected chi connectivity index (χ2v) is 9.29. The molecule has 3 rings (SSSR count). The minimum atomic E-state index is -0.358. The van der Waals surface area contributed by atoms with E-state index in [0.717, 1.165) is 68.8 Å². The molecule has 1 aromatic heterocycles. The first-order valence-corrected chi connectivity index (χ1v) is 12.5. The third-order valence-corrected chi connectivity index (χ3v) is 7.01. The number of carbonyl (C=O) groups excluding carboxylic acids is 3. The average molecular weight is 461 g/mol. The molecule has 2 fully saturated rings. The van der Waals surface area contributed by atoms with Crippen LogP contribution in [0.25, 0.3) is 0 Å². The van der Waals surface area contributed by atoms with E-state index in [2.05, 4.69) is 16.8 Å². The van der Waals surface area contributed by atoms with Gasteiger partial charge >= 0.3 is 5.97 Å². The zero-order chi connectivity index (χ0) is 24.0. The van der Waals surface area contributed by atoms with Crippen LogP contribution in [0.15, 0.2) is 0 Å². The van der Waals surface area contributed by atoms with Crippen molar-refractivity contribution >= 4 is 17.8 Å². The maximum Gasteiger partial charge on any atom is 0.355 e. The van der Waals surface area contributed by atoms with Crippen LogP contribution in [0.5, 0.6) is 0 Å². The fourth-order valence-electron chi connectivity index (χ4n) is 5.13. The molecule has 8 nitrogen and oxygen atoms in total. The Balaban J connectivity index is 1.53. The summed E-state index contributed by atoms with van der Waals surface area (Å²) in [6, 6.07) is 0. The highest BCUT2D eigenvalue weighted by Gasteiger charge is 2.32. The molecule has 0 aromatic carbocycles. The van der Waals surface area contributed by atoms with Crippen molar-refractivity contribution in [1.82, 2.24) is 19.7 Å². The Morgan fingerprint density at radius 2 is 1.76 bits per heavy atom. The number of H-pyrrole nitrogens is 1. The number of nitrogens with one attached hydrogen (secondary N) is 1. The molecule has 0 saturated carbocycles. The number of hydrogen-bond acceptors (Lipinski definition) is 5. The van der Waals surface area contributed by atoms with Crippen LogP contribution in [-0.2, 0) is 20.7 Å². The number of aromatic amines is 1. The van der Waals surface area contributed by atoms with Gasteiger partial charge in [-0.25, -0.2) is 4.79 Å². The third-order valence-electron chi connectivity index (χ3n) is 7.01. The number of rotatable bonds is 8. The van der Waals surface area contributed by atoms with Crippen molar-refractivity contribution in [2.75, 3.05) is 52.4 Å². The molecule has 0 spiro atoms. The number of piperidine rings is 1. The second kappa shape index (κ2) is 11.7. The molecule has 3 heterocycles. The van der Waals surface area contributed by atoms with Crippen molar-refractivity contribution in [2.45, 2.75) is 59.8 Å². The van der Waals surface area contributed by atoms with Crippen molar-refractivity contribution in [3.63, 3.8) is 0 Å². The standard InChI is InChI=1S/C25H40N4O4/c1-5-11-27-13-15-28(16-14-27)24(31)20-8-7-12-29(17-20)22(30)10-9-21-18(3)23(26-19(21)4)25(32)33-6-2/h20,26H,5-17H2,1-4H3. The van der Waals surface area contributed by atoms with Crippen molar-refractivity contribution in [3.8, 4) is 0 Å². The molecule has 2 saturated heterocycles. The van der Waals surface area contributed by atoms with E-state index in [1.165, 1.54) is 0 Å². The van der Waals surface area contributed by atoms with Gasteiger partial charge in [-0.3, -0.25) is 14.5 Å². The predicted molar refractivity (Wildman–Crippen MR) is 127 cm³/mol. The third kappa shape index (κ3) is 6.16. The minimum absolute atomic E-state index is 0.0814. The lowest BCUT2D eigenvalue weighted by atomic mass is 9.95. The van der Waals surface area contributed by atoms with Gasteiger partial charge in [-0.1, -0.05) is 6.92 Å². The summed E-state index contributed by atoms with van der Waals surface area (Å²) in [5, 5.41) is 0. The van der Waals surface area contributed by atoms with Crippen molar-refractivity contribution < 1.29 is 19.1 Å². The van der Waals surface area contributed by atoms with Gasteiger partial charge in [0.2, 0.25) is 11.8 Å². The van der Waals surface area contributed by atoms with E-state index in [-0.39, 0.29) is 23.7 Å². The Labute approximate surface area is 197 Å². The highest BCUT2D eigenvalue weighted by atomic mass is 16.5. The van der Waals surface area contributed by atoms with E-state index >= 15 is 0 Å². The fourth-order valence-corrected chi connectivity index (χ4v) is 5.13. The van der Waals surface area contributed by atoms with Crippen LogP contribution >= 0.6 is 0 Å². The van der Waals surface area contributed by atoms with Gasteiger partial charge in [0.25, 0.3) is 0 Å². The summed E-state index contributed by atoms with van der Waals surface area (Å²) < 4.78 is 5.12. The number of carbonyl (C=O) groups is 3. The molecule has 33 heavy (non-hydrogen) atoms. The van der Waals surface area contributed by atoms with Crippen LogP contribution in [0, 0.1) is 19.8 Å². The quantitative estimate of drug-likeness (QED) is 0.603. The molecular weight excluding hydrogens is 420 g/mol. The number of hydrogen-bond donors (Lipinski definition) is 1. The Morgan fingerprint density at radius 3 is 2.42 bits per heavy atom. The molecule has 1 aromatic rings. The molecule has 184 valence electrons. The van der Waals surface area contributed by atoms with Gasteiger partial charge in [-0.15, -0.1) is 0 Å². The van der Waals surface area contributed by atoms with E-state index in [1.807, 2.05) is 23.6 Å². The summed E-state index contributed by atoms with van der Waals surface area (Å²) in [4.78, 5) is 47.6. The van der Waals surface area contributed by atoms with E-state index in [1.54, 1.807) is 6.92 Å². The van der Waals surface area contributed by atoms with E-state index in [9.17, 15) is 14.4 Å². The number of esters is 1. The SMILES string of the molecule is CCCN1CCN(C(=O)C2CCCN(C(=O)CCc3c(C)[nH]c(C(=O)OCC)c3C)C2)CC1. The first kappa shape index (κ1) is 25.3. The number of ether oxygens (including phenoxy) is 1. The number of aryl methyl sites for hydroxylation is 1. The highest BCUT2D eigenvalue weighted by molar-refractivity contribution is 5.90. The van der Waals surface area contributed by atoms with Gasteiger partial charge in [-0.05, 0) is 64.1 Å². The van der Waals surface area contributed by atoms with Gasteiger partial charge in [0, 0.05) is 51.4 Å². The van der Waals surface area contributed by atoms with Gasteiger partial charge in [-0.2, -0.15) is 0 Å². The van der Waals surface area contributed by atoms with Crippen LogP contribution in [-0.4, -0.2) is 89.9 Å². The van der Waals surface area contributed by atoms with Gasteiger partial charge in [0.15, 0.2) is 0 Å². The Bertz CT molecular complexity index is 842. The van der Waals surface area contributed by atoms with Crippen LogP contribution in [0.3, 0.4) is 0 Å². The maximum absolute atomic E-state index is 13.1. The highest BCUT2D eigenvalue weighted by Crippen LogP contribution is 2.23. The summed E-state index contributed by atoms with van der Waals surface area (Å²) in [7, 11) is 0. The zero-order valence-electron chi connectivity index (χ0n) is 20.7. The molecular formula is C25H40N4O4. The average Bonchev–Trinajstić information content (AvgIpc) is 3.11. The van der Waals surface area contributed by atoms with Crippen molar-refractivity contribution in [1.29, 1.82) is 0 Å². The van der Waals surface area contributed by atoms with Crippen LogP contribution < -0.4 is 0 Å². The van der Waals surface area contributed by atoms with Gasteiger partial charge in [0.05, 0.1) is 12.5 Å². The van der Waals surface area contributed by atoms with Crippen LogP contribution in [0.2, 0.25) is 0 Å². The second-order valence-electron chi connectivity index (χ2n) is 9.29. The van der Waals surface area contributed by atoms with Gasteiger partial charge < -0.3 is 19.5 Å². The topological polar surface area (TPSA) is 86.0 Å². The molecule has 0 bridgehead atoms. The lowest BCUT2D eigenvalue weighted by Crippen LogP contribution is -2.53. The lowest BCUT2D eigenvalue weighted by molar-refractivity contribution is -0.142. The number of amides is 2. The number of piperazine rings is 1. The Morgan fingerprint density at radius 1 is 1.03 bits per heavy atom. The molecule has 2 aliphatic heterocycles. The molecule has 8 heteroatoms. The molecule has 1 atom stereocenters. The monoisotopic (exact) mass is 460 g/mol. The first-order valence-electron chi connectivity index (χ1n) is 12.5. The largest absolute Gasteiger partial charge is 0.461 e. The van der Waals surface area contributed by atoms with Crippen molar-refractivity contribution in [3.05, 3.63) is 22.5 Å². The van der Waals surface area contributed by atoms with Gasteiger partial charge in [0.1, 0.15) is 5.69 Å². The smallest absolute Gasteiger partial charge is 0.355 e. The summed E-state index contributed by atoms with van der Waals surface area (Å²) in [6.45, 7) is 13.9. The molecule has 1 N–H and O–H groups in total. The summed E-state index contributed by atoms with van der Waals surface area (Å²) in [5.74, 6) is -0.159. The predicted octanol–water partition coefficient (Wildman–Crippen LogP) is 2.53. The Hall–Kier alpha value is -2.35. The number of likely N-dealkylation sites (tertiary alicyclic amines) is 1. The fraction of sp³-hybridized carbons (Fsp3) is 0.720. The zero-order valence-corrected chi connectivity index (χ0v) is 20.7. The Kier molecular flexibility index (Phi) is 8.95. The van der Waals surface area contributed by atoms with E-state index < -0.39 is 0 Å². The molecule has 0 radical (unpaired) electrons. The maximum atomic E-state index is 13.1. The number of aromatic nitrogens is 1. The minimum Gasteiger partial charge on any atom is -0.461 e. The molecule has 1 unspecified atom stereocenters. The van der Waals surface area contributed by atoms with E-state index in [4.69, 9.17) is 4.74 Å². The lowest BCUT2D eigenvalue weighted by Gasteiger charge is -2.39. The summed E-state index contributed by atoms with van der Waals surface area (Å²) in [5.41, 5.74) is 3.23. The normalized spacial score (nSPS) is 19.6. The number of nitrogens with zero attached hydrogens (tertiary/aromatic N) is 3. The van der Waals surface area contributed by atoms with Crippen LogP contribution in [0.4, 0.5) is 0 Å². The molecule has 2 amide bonds.